The molecule has 0 atom stereocenters. The summed E-state index contributed by atoms with van der Waals surface area (Å²) in [5, 5.41) is 11.3. The molecule has 33 heavy (non-hydrogen) atoms. The molecule has 0 bridgehead atoms. The third-order valence-corrected chi connectivity index (χ3v) is 5.32. The van der Waals surface area contributed by atoms with E-state index in [0.717, 1.165) is 27.5 Å². The van der Waals surface area contributed by atoms with Gasteiger partial charge >= 0.3 is 0 Å². The van der Waals surface area contributed by atoms with Crippen molar-refractivity contribution >= 4 is 21.8 Å². The van der Waals surface area contributed by atoms with Crippen molar-refractivity contribution in [3.05, 3.63) is 106 Å². The number of aromatic hydroxyl groups is 1. The van der Waals surface area contributed by atoms with Crippen LogP contribution in [0.5, 0.6) is 11.5 Å². The van der Waals surface area contributed by atoms with Crippen LogP contribution >= 0.6 is 0 Å². The van der Waals surface area contributed by atoms with E-state index < -0.39 is 0 Å². The second kappa shape index (κ2) is 10.0. The number of rotatable bonds is 5. The Morgan fingerprint density at radius 1 is 0.818 bits per heavy atom. The van der Waals surface area contributed by atoms with Gasteiger partial charge in [0, 0.05) is 36.0 Å². The Morgan fingerprint density at radius 3 is 1.82 bits per heavy atom. The maximum Gasteiger partial charge on any atom is 0.255 e. The number of ether oxygens (including phenoxy) is 1. The lowest BCUT2D eigenvalue weighted by atomic mass is 10.1. The molecule has 4 aromatic rings. The Labute approximate surface area is 192 Å². The molecule has 4 rings (SSSR count). The highest BCUT2D eigenvalue weighted by Gasteiger charge is 2.09. The molecule has 2 aromatic carbocycles. The van der Waals surface area contributed by atoms with E-state index in [1.165, 1.54) is 12.1 Å². The average molecular weight is 445 g/mol. The largest absolute Gasteiger partial charge is 0.507 e. The van der Waals surface area contributed by atoms with Gasteiger partial charge in [0.2, 0.25) is 0 Å². The summed E-state index contributed by atoms with van der Waals surface area (Å²) in [6, 6.07) is 14.3. The number of aromatic nitrogens is 2. The van der Waals surface area contributed by atoms with Crippen LogP contribution in [0.15, 0.2) is 83.4 Å². The molecule has 6 heteroatoms. The Bertz CT molecular complexity index is 1460. The summed E-state index contributed by atoms with van der Waals surface area (Å²) in [6.45, 7) is 12.2. The van der Waals surface area contributed by atoms with Crippen molar-refractivity contribution in [1.29, 1.82) is 0 Å². The third-order valence-electron chi connectivity index (χ3n) is 5.32. The van der Waals surface area contributed by atoms with Gasteiger partial charge in [0.25, 0.3) is 11.1 Å². The Balaban J connectivity index is 0.000000186. The summed E-state index contributed by atoms with van der Waals surface area (Å²) >= 11 is 0. The molecular weight excluding hydrogens is 416 g/mol. The second-order valence-corrected chi connectivity index (χ2v) is 7.76. The number of allylic oxidation sites excluding steroid dienone is 2. The van der Waals surface area contributed by atoms with E-state index in [0.29, 0.717) is 24.2 Å². The van der Waals surface area contributed by atoms with Crippen LogP contribution in [0.25, 0.3) is 21.8 Å². The summed E-state index contributed by atoms with van der Waals surface area (Å²) in [5.74, 6) is 0.644. The lowest BCUT2D eigenvalue weighted by Gasteiger charge is -2.11. The van der Waals surface area contributed by atoms with Crippen LogP contribution in [-0.2, 0) is 13.1 Å². The summed E-state index contributed by atoms with van der Waals surface area (Å²) in [4.78, 5) is 23.7. The first kappa shape index (κ1) is 23.6. The zero-order chi connectivity index (χ0) is 24.1. The Hall–Kier alpha value is -4.06. The molecular formula is C27H28N2O4. The van der Waals surface area contributed by atoms with Gasteiger partial charge in [-0.2, -0.15) is 0 Å². The maximum atomic E-state index is 11.9. The monoisotopic (exact) mass is 444 g/mol. The highest BCUT2D eigenvalue weighted by Crippen LogP contribution is 2.25. The minimum Gasteiger partial charge on any atom is -0.507 e. The normalized spacial score (nSPS) is 10.5. The molecule has 0 saturated heterocycles. The molecule has 2 aromatic heterocycles. The van der Waals surface area contributed by atoms with Crippen molar-refractivity contribution in [2.24, 2.45) is 0 Å². The lowest BCUT2D eigenvalue weighted by molar-refractivity contribution is 0.418. The number of fused-ring (bicyclic) bond motifs is 2. The van der Waals surface area contributed by atoms with Crippen LogP contribution in [0.2, 0.25) is 0 Å². The molecule has 0 amide bonds. The first-order chi connectivity index (χ1) is 15.8. The van der Waals surface area contributed by atoms with Crippen LogP contribution in [0.4, 0.5) is 0 Å². The standard InChI is InChI=1S/C14H15NO2.C13H13NO2/c1-4-7-15-12-8-10(2)5-6-11(12)13(17-3)9-14(15)16;1-3-6-14-11-7-9(2)4-5-10(11)12(15)8-13(14)16/h4-6,8-9H,1,7H2,2-3H3;3-5,7-8,15H,1,6H2,2H3. The summed E-state index contributed by atoms with van der Waals surface area (Å²) in [6.07, 6.45) is 3.38. The molecule has 0 spiro atoms. The van der Waals surface area contributed by atoms with Gasteiger partial charge in [-0.25, -0.2) is 0 Å². The molecule has 0 aliphatic rings. The van der Waals surface area contributed by atoms with Crippen LogP contribution < -0.4 is 15.9 Å². The minimum atomic E-state index is -0.212. The molecule has 0 radical (unpaired) electrons. The van der Waals surface area contributed by atoms with Crippen molar-refractivity contribution in [2.45, 2.75) is 26.9 Å². The van der Waals surface area contributed by atoms with Crippen molar-refractivity contribution in [3.63, 3.8) is 0 Å². The van der Waals surface area contributed by atoms with Gasteiger partial charge in [0.05, 0.1) is 18.1 Å². The molecule has 0 unspecified atom stereocenters. The highest BCUT2D eigenvalue weighted by molar-refractivity contribution is 5.86. The van der Waals surface area contributed by atoms with E-state index in [1.54, 1.807) is 28.4 Å². The molecule has 6 nitrogen and oxygen atoms in total. The highest BCUT2D eigenvalue weighted by atomic mass is 16.5. The van der Waals surface area contributed by atoms with E-state index in [4.69, 9.17) is 4.74 Å². The summed E-state index contributed by atoms with van der Waals surface area (Å²) in [5.41, 5.74) is 3.51. The van der Waals surface area contributed by atoms with E-state index in [1.807, 2.05) is 50.2 Å². The van der Waals surface area contributed by atoms with Crippen LogP contribution in [0, 0.1) is 13.8 Å². The number of pyridine rings is 2. The zero-order valence-corrected chi connectivity index (χ0v) is 19.2. The summed E-state index contributed by atoms with van der Waals surface area (Å²) < 4.78 is 8.53. The topological polar surface area (TPSA) is 73.5 Å². The molecule has 0 aliphatic carbocycles. The maximum absolute atomic E-state index is 11.9. The zero-order valence-electron chi connectivity index (χ0n) is 19.2. The van der Waals surface area contributed by atoms with Crippen LogP contribution in [-0.4, -0.2) is 21.4 Å². The van der Waals surface area contributed by atoms with E-state index in [2.05, 4.69) is 13.2 Å². The number of nitrogens with zero attached hydrogens (tertiary/aromatic N) is 2. The van der Waals surface area contributed by atoms with E-state index >= 15 is 0 Å². The van der Waals surface area contributed by atoms with Crippen LogP contribution in [0.3, 0.4) is 0 Å². The fourth-order valence-electron chi connectivity index (χ4n) is 3.74. The average Bonchev–Trinajstić information content (AvgIpc) is 2.78. The molecule has 1 N–H and O–H groups in total. The number of hydrogen-bond donors (Lipinski definition) is 1. The van der Waals surface area contributed by atoms with Crippen molar-refractivity contribution in [1.82, 2.24) is 9.13 Å². The fourth-order valence-corrected chi connectivity index (χ4v) is 3.74. The van der Waals surface area contributed by atoms with Gasteiger partial charge in [0.1, 0.15) is 11.5 Å². The van der Waals surface area contributed by atoms with Crippen molar-refractivity contribution in [3.8, 4) is 11.5 Å². The first-order valence-electron chi connectivity index (χ1n) is 10.5. The van der Waals surface area contributed by atoms with Gasteiger partial charge in [-0.15, -0.1) is 13.2 Å². The summed E-state index contributed by atoms with van der Waals surface area (Å²) in [7, 11) is 1.58. The number of hydrogen-bond acceptors (Lipinski definition) is 4. The third kappa shape index (κ3) is 4.90. The van der Waals surface area contributed by atoms with Gasteiger partial charge in [-0.1, -0.05) is 24.3 Å². The minimum absolute atomic E-state index is 0.0281. The lowest BCUT2D eigenvalue weighted by Crippen LogP contribution is -2.19. The number of benzene rings is 2. The molecule has 0 saturated carbocycles. The second-order valence-electron chi connectivity index (χ2n) is 7.76. The predicted molar refractivity (Wildman–Crippen MR) is 135 cm³/mol. The number of aryl methyl sites for hydroxylation is 2. The van der Waals surface area contributed by atoms with Gasteiger partial charge < -0.3 is 19.0 Å². The predicted octanol–water partition coefficient (Wildman–Crippen LogP) is 4.71. The smallest absolute Gasteiger partial charge is 0.255 e. The number of methoxy groups -OCH3 is 1. The van der Waals surface area contributed by atoms with E-state index in [-0.39, 0.29) is 16.9 Å². The van der Waals surface area contributed by atoms with E-state index in [9.17, 15) is 14.7 Å². The molecule has 170 valence electrons. The SMILES string of the molecule is C=CCn1c(=O)cc(O)c2ccc(C)cc21.C=CCn1c(=O)cc(OC)c2ccc(C)cc21. The molecule has 0 fully saturated rings. The molecule has 0 aliphatic heterocycles. The van der Waals surface area contributed by atoms with Crippen LogP contribution in [0.1, 0.15) is 11.1 Å². The van der Waals surface area contributed by atoms with Gasteiger partial charge in [-0.05, 0) is 49.2 Å². The fraction of sp³-hybridized carbons (Fsp3) is 0.185. The van der Waals surface area contributed by atoms with Crippen molar-refractivity contribution in [2.75, 3.05) is 7.11 Å². The first-order valence-corrected chi connectivity index (χ1v) is 10.5. The van der Waals surface area contributed by atoms with Crippen molar-refractivity contribution < 1.29 is 9.84 Å². The van der Waals surface area contributed by atoms with Gasteiger partial charge in [-0.3, -0.25) is 9.59 Å². The Morgan fingerprint density at radius 2 is 1.30 bits per heavy atom. The quantitative estimate of drug-likeness (QED) is 0.453. The van der Waals surface area contributed by atoms with Gasteiger partial charge in [0.15, 0.2) is 0 Å². The Kier molecular flexibility index (Phi) is 7.18. The molecule has 2 heterocycles.